The van der Waals surface area contributed by atoms with Crippen LogP contribution in [-0.2, 0) is 17.5 Å². The molecule has 2 nitrogen and oxygen atoms in total. The van der Waals surface area contributed by atoms with Crippen molar-refractivity contribution in [2.45, 2.75) is 56.5 Å². The fraction of sp³-hybridized carbons (Fsp3) is 0.647. The summed E-state index contributed by atoms with van der Waals surface area (Å²) < 4.78 is 45.3. The van der Waals surface area contributed by atoms with Gasteiger partial charge in [0.05, 0.1) is 18.3 Å². The Balaban J connectivity index is 1.64. The highest BCUT2D eigenvalue weighted by molar-refractivity contribution is 5.41. The van der Waals surface area contributed by atoms with E-state index in [4.69, 9.17) is 4.74 Å². The van der Waals surface area contributed by atoms with Crippen LogP contribution < -0.4 is 0 Å². The molecule has 0 N–H and O–H groups in total. The van der Waals surface area contributed by atoms with E-state index in [0.29, 0.717) is 11.6 Å². The first-order valence-electron chi connectivity index (χ1n) is 8.08. The van der Waals surface area contributed by atoms with Crippen LogP contribution in [0.25, 0.3) is 0 Å². The summed E-state index contributed by atoms with van der Waals surface area (Å²) in [5, 5.41) is 0. The molecule has 0 amide bonds. The van der Waals surface area contributed by atoms with Crippen molar-refractivity contribution in [1.82, 2.24) is 4.90 Å². The molecule has 0 radical (unpaired) electrons. The number of ether oxygens (including phenoxy) is 1. The van der Waals surface area contributed by atoms with E-state index >= 15 is 0 Å². The smallest absolute Gasteiger partial charge is 0.371 e. The van der Waals surface area contributed by atoms with Crippen molar-refractivity contribution in [3.8, 4) is 0 Å². The normalized spacial score (nSPS) is 29.6. The van der Waals surface area contributed by atoms with Crippen molar-refractivity contribution in [2.75, 3.05) is 13.1 Å². The molecule has 2 atom stereocenters. The molecule has 0 spiro atoms. The van der Waals surface area contributed by atoms with Gasteiger partial charge < -0.3 is 4.74 Å². The Bertz CT molecular complexity index is 566. The van der Waals surface area contributed by atoms with E-state index < -0.39 is 11.7 Å². The van der Waals surface area contributed by atoms with Gasteiger partial charge in [0, 0.05) is 25.0 Å². The Morgan fingerprint density at radius 2 is 1.86 bits per heavy atom. The second-order valence-electron chi connectivity index (χ2n) is 6.72. The van der Waals surface area contributed by atoms with Gasteiger partial charge >= 0.3 is 6.18 Å². The highest BCUT2D eigenvalue weighted by atomic mass is 19.4. The average molecular weight is 311 g/mol. The van der Waals surface area contributed by atoms with Crippen molar-refractivity contribution in [1.29, 1.82) is 0 Å². The van der Waals surface area contributed by atoms with Gasteiger partial charge in [-0.25, -0.2) is 0 Å². The van der Waals surface area contributed by atoms with E-state index in [1.165, 1.54) is 31.7 Å². The molecular formula is C17H20F3NO. The number of alkyl halides is 3. The number of rotatable bonds is 1. The number of hydrogen-bond acceptors (Lipinski definition) is 2. The van der Waals surface area contributed by atoms with Gasteiger partial charge in [0.1, 0.15) is 0 Å². The molecule has 1 aromatic carbocycles. The van der Waals surface area contributed by atoms with Crippen LogP contribution in [0.4, 0.5) is 13.2 Å². The highest BCUT2D eigenvalue weighted by Crippen LogP contribution is 2.43. The zero-order valence-electron chi connectivity index (χ0n) is 12.4. The molecule has 2 aliphatic heterocycles. The standard InChI is InChI=1S/C17H20F3NO/c18-17(19,20)15-7-3-6-12-13-8-21(11-4-1-2-5-11)9-16(13)22-10-14(12)15/h3,6-7,11,13,16H,1-2,4-5,8-10H2/t13?,16-/m0/s1. The number of benzene rings is 1. The number of halogens is 3. The molecule has 5 heteroatoms. The maximum absolute atomic E-state index is 13.2. The third-order valence-corrected chi connectivity index (χ3v) is 5.49. The summed E-state index contributed by atoms with van der Waals surface area (Å²) in [6.07, 6.45) is 0.726. The van der Waals surface area contributed by atoms with Gasteiger partial charge in [0.25, 0.3) is 0 Å². The monoisotopic (exact) mass is 311 g/mol. The molecule has 120 valence electrons. The fourth-order valence-electron chi connectivity index (χ4n) is 4.41. The maximum atomic E-state index is 13.2. The third-order valence-electron chi connectivity index (χ3n) is 5.49. The Morgan fingerprint density at radius 1 is 1.09 bits per heavy atom. The topological polar surface area (TPSA) is 12.5 Å². The first kappa shape index (κ1) is 14.5. The number of nitrogens with zero attached hydrogens (tertiary/aromatic N) is 1. The van der Waals surface area contributed by atoms with Crippen molar-refractivity contribution in [2.24, 2.45) is 0 Å². The molecular weight excluding hydrogens is 291 g/mol. The Labute approximate surface area is 128 Å². The van der Waals surface area contributed by atoms with Crippen LogP contribution in [0.15, 0.2) is 18.2 Å². The summed E-state index contributed by atoms with van der Waals surface area (Å²) in [5.41, 5.74) is 0.680. The van der Waals surface area contributed by atoms with Gasteiger partial charge in [-0.2, -0.15) is 13.2 Å². The molecule has 1 aromatic rings. The molecule has 4 rings (SSSR count). The quantitative estimate of drug-likeness (QED) is 0.779. The minimum absolute atomic E-state index is 0.0524. The van der Waals surface area contributed by atoms with Crippen LogP contribution in [0.5, 0.6) is 0 Å². The Morgan fingerprint density at radius 3 is 2.59 bits per heavy atom. The zero-order chi connectivity index (χ0) is 15.3. The lowest BCUT2D eigenvalue weighted by molar-refractivity contribution is -0.139. The predicted octanol–water partition coefficient (Wildman–Crippen LogP) is 3.95. The Hall–Kier alpha value is -1.07. The van der Waals surface area contributed by atoms with Crippen molar-refractivity contribution >= 4 is 0 Å². The molecule has 2 heterocycles. The highest BCUT2D eigenvalue weighted by Gasteiger charge is 2.44. The average Bonchev–Trinajstić information content (AvgIpc) is 3.14. The van der Waals surface area contributed by atoms with Crippen LogP contribution in [0.1, 0.15) is 48.3 Å². The summed E-state index contributed by atoms with van der Waals surface area (Å²) in [6, 6.07) is 5.18. The van der Waals surface area contributed by atoms with Crippen LogP contribution in [0, 0.1) is 0 Å². The maximum Gasteiger partial charge on any atom is 0.416 e. The molecule has 22 heavy (non-hydrogen) atoms. The molecule has 1 aliphatic carbocycles. The molecule has 1 unspecified atom stereocenters. The van der Waals surface area contributed by atoms with Gasteiger partial charge in [-0.05, 0) is 30.0 Å². The minimum Gasteiger partial charge on any atom is -0.371 e. The molecule has 1 saturated heterocycles. The van der Waals surface area contributed by atoms with E-state index in [0.717, 1.165) is 18.7 Å². The van der Waals surface area contributed by atoms with Crippen LogP contribution in [0.3, 0.4) is 0 Å². The molecule has 1 saturated carbocycles. The van der Waals surface area contributed by atoms with E-state index in [9.17, 15) is 13.2 Å². The molecule has 0 aromatic heterocycles. The lowest BCUT2D eigenvalue weighted by Gasteiger charge is -2.29. The van der Waals surface area contributed by atoms with E-state index in [2.05, 4.69) is 4.90 Å². The lowest BCUT2D eigenvalue weighted by Crippen LogP contribution is -2.32. The second kappa shape index (κ2) is 5.24. The van der Waals surface area contributed by atoms with Crippen molar-refractivity contribution in [3.05, 3.63) is 34.9 Å². The molecule has 3 aliphatic rings. The first-order chi connectivity index (χ1) is 10.5. The van der Waals surface area contributed by atoms with Gasteiger partial charge in [-0.3, -0.25) is 4.90 Å². The van der Waals surface area contributed by atoms with E-state index in [-0.39, 0.29) is 18.6 Å². The largest absolute Gasteiger partial charge is 0.416 e. The lowest BCUT2D eigenvalue weighted by atomic mass is 9.87. The second-order valence-corrected chi connectivity index (χ2v) is 6.72. The van der Waals surface area contributed by atoms with Gasteiger partial charge in [-0.15, -0.1) is 0 Å². The van der Waals surface area contributed by atoms with Crippen molar-refractivity contribution < 1.29 is 17.9 Å². The molecule has 0 bridgehead atoms. The SMILES string of the molecule is FC(F)(F)c1cccc2c1CO[C@H]1CN(C3CCCC3)CC21. The van der Waals surface area contributed by atoms with Gasteiger partial charge in [0.15, 0.2) is 0 Å². The Kier molecular flexibility index (Phi) is 3.46. The number of likely N-dealkylation sites (tertiary alicyclic amines) is 1. The summed E-state index contributed by atoms with van der Waals surface area (Å²) in [6.45, 7) is 1.79. The number of hydrogen-bond donors (Lipinski definition) is 0. The summed E-state index contributed by atoms with van der Waals surface area (Å²) in [5.74, 6) is 0.0895. The van der Waals surface area contributed by atoms with Crippen molar-refractivity contribution in [3.63, 3.8) is 0 Å². The zero-order valence-corrected chi connectivity index (χ0v) is 12.4. The van der Waals surface area contributed by atoms with E-state index in [1.807, 2.05) is 6.07 Å². The van der Waals surface area contributed by atoms with Crippen LogP contribution in [0.2, 0.25) is 0 Å². The first-order valence-corrected chi connectivity index (χ1v) is 8.08. The summed E-state index contributed by atoms with van der Waals surface area (Å²) >= 11 is 0. The number of fused-ring (bicyclic) bond motifs is 3. The predicted molar refractivity (Wildman–Crippen MR) is 76.6 cm³/mol. The van der Waals surface area contributed by atoms with E-state index in [1.54, 1.807) is 6.07 Å². The fourth-order valence-corrected chi connectivity index (χ4v) is 4.41. The summed E-state index contributed by atoms with van der Waals surface area (Å²) in [7, 11) is 0. The molecule has 2 fully saturated rings. The van der Waals surface area contributed by atoms with Gasteiger partial charge in [0.2, 0.25) is 0 Å². The summed E-state index contributed by atoms with van der Waals surface area (Å²) in [4.78, 5) is 2.44. The van der Waals surface area contributed by atoms with Crippen LogP contribution >= 0.6 is 0 Å². The van der Waals surface area contributed by atoms with Crippen LogP contribution in [-0.4, -0.2) is 30.1 Å². The third kappa shape index (κ3) is 2.35. The minimum atomic E-state index is -4.30. The van der Waals surface area contributed by atoms with Gasteiger partial charge in [-0.1, -0.05) is 25.0 Å².